The predicted octanol–water partition coefficient (Wildman–Crippen LogP) is 2.59. The number of sulfonamides is 1. The van der Waals surface area contributed by atoms with Crippen LogP contribution in [0, 0.1) is 19.3 Å². The predicted molar refractivity (Wildman–Crippen MR) is 78.2 cm³/mol. The Morgan fingerprint density at radius 2 is 1.89 bits per heavy atom. The molecule has 0 aliphatic rings. The molecule has 0 amide bonds. The highest BCUT2D eigenvalue weighted by molar-refractivity contribution is 7.89. The van der Waals surface area contributed by atoms with Crippen LogP contribution in [0.5, 0.6) is 0 Å². The summed E-state index contributed by atoms with van der Waals surface area (Å²) in [7, 11) is -3.53. The maximum absolute atomic E-state index is 12.4. The van der Waals surface area contributed by atoms with Crippen LogP contribution in [0.2, 0.25) is 0 Å². The average Bonchev–Trinajstić information content (AvgIpc) is 2.34. The maximum atomic E-state index is 12.4. The van der Waals surface area contributed by atoms with Gasteiger partial charge in [-0.1, -0.05) is 35.3 Å². The molecule has 19 heavy (non-hydrogen) atoms. The van der Waals surface area contributed by atoms with Crippen molar-refractivity contribution in [1.29, 1.82) is 0 Å². The van der Waals surface area contributed by atoms with Crippen LogP contribution in [-0.4, -0.2) is 25.8 Å². The fourth-order valence-electron chi connectivity index (χ4n) is 1.49. The van der Waals surface area contributed by atoms with E-state index in [0.29, 0.717) is 6.54 Å². The van der Waals surface area contributed by atoms with Crippen molar-refractivity contribution in [3.05, 3.63) is 41.5 Å². The van der Waals surface area contributed by atoms with Crippen LogP contribution < -0.4 is 0 Å². The van der Waals surface area contributed by atoms with E-state index in [1.165, 1.54) is 4.31 Å². The number of terminal acetylenes is 1. The zero-order valence-corrected chi connectivity index (χ0v) is 12.4. The van der Waals surface area contributed by atoms with Crippen LogP contribution in [-0.2, 0) is 10.0 Å². The quantitative estimate of drug-likeness (QED) is 0.613. The Kier molecular flexibility index (Phi) is 5.34. The number of aryl methyl sites for hydroxylation is 1. The van der Waals surface area contributed by atoms with Gasteiger partial charge in [0.15, 0.2) is 0 Å². The lowest BCUT2D eigenvalue weighted by molar-refractivity contribution is 0.477. The molecule has 1 aromatic carbocycles. The second kappa shape index (κ2) is 6.55. The van der Waals surface area contributed by atoms with Crippen LogP contribution in [0.4, 0.5) is 0 Å². The van der Waals surface area contributed by atoms with Gasteiger partial charge in [-0.3, -0.25) is 0 Å². The third-order valence-corrected chi connectivity index (χ3v) is 4.46. The van der Waals surface area contributed by atoms with Crippen LogP contribution in [0.15, 0.2) is 40.8 Å². The fraction of sp³-hybridized carbons (Fsp3) is 0.333. The molecule has 4 heteroatoms. The normalized spacial score (nSPS) is 11.1. The van der Waals surface area contributed by atoms with Gasteiger partial charge in [-0.05, 0) is 32.9 Å². The highest BCUT2D eigenvalue weighted by Crippen LogP contribution is 2.16. The highest BCUT2D eigenvalue weighted by Gasteiger charge is 2.22. The van der Waals surface area contributed by atoms with Crippen LogP contribution >= 0.6 is 0 Å². The van der Waals surface area contributed by atoms with Gasteiger partial charge in [0.1, 0.15) is 0 Å². The molecule has 0 atom stereocenters. The molecule has 0 aliphatic carbocycles. The van der Waals surface area contributed by atoms with Gasteiger partial charge in [-0.25, -0.2) is 8.42 Å². The number of nitrogens with zero attached hydrogens (tertiary/aromatic N) is 1. The standard InChI is InChI=1S/C15H19NO2S/c1-5-11-16(12-10-13(2)3)19(17,18)15-8-6-14(4)7-9-15/h1,6-10H,11-12H2,2-4H3. The molecule has 3 nitrogen and oxygen atoms in total. The molecule has 0 saturated carbocycles. The molecule has 0 aliphatic heterocycles. The lowest BCUT2D eigenvalue weighted by atomic mass is 10.2. The highest BCUT2D eigenvalue weighted by atomic mass is 32.2. The number of allylic oxidation sites excluding steroid dienone is 1. The van der Waals surface area contributed by atoms with Crippen molar-refractivity contribution in [1.82, 2.24) is 4.31 Å². The lowest BCUT2D eigenvalue weighted by Crippen LogP contribution is -2.31. The summed E-state index contributed by atoms with van der Waals surface area (Å²) in [6.45, 7) is 6.13. The zero-order valence-electron chi connectivity index (χ0n) is 11.6. The summed E-state index contributed by atoms with van der Waals surface area (Å²) in [5.41, 5.74) is 2.08. The Morgan fingerprint density at radius 3 is 2.37 bits per heavy atom. The minimum atomic E-state index is -3.53. The Bertz CT molecular complexity index is 588. The SMILES string of the molecule is C#CCN(CC=C(C)C)S(=O)(=O)c1ccc(C)cc1. The lowest BCUT2D eigenvalue weighted by Gasteiger charge is -2.18. The van der Waals surface area contributed by atoms with Crippen molar-refractivity contribution >= 4 is 10.0 Å². The summed E-state index contributed by atoms with van der Waals surface area (Å²) in [4.78, 5) is 0.274. The Labute approximate surface area is 116 Å². The second-order valence-corrected chi connectivity index (χ2v) is 6.53. The first-order chi connectivity index (χ1) is 8.87. The Hall–Kier alpha value is -1.57. The first-order valence-electron chi connectivity index (χ1n) is 6.01. The molecular formula is C15H19NO2S. The smallest absolute Gasteiger partial charge is 0.207 e. The maximum Gasteiger partial charge on any atom is 0.244 e. The molecule has 0 radical (unpaired) electrons. The molecule has 0 N–H and O–H groups in total. The molecular weight excluding hydrogens is 258 g/mol. The van der Waals surface area contributed by atoms with Crippen molar-refractivity contribution in [2.24, 2.45) is 0 Å². The Balaban J connectivity index is 3.09. The summed E-state index contributed by atoms with van der Waals surface area (Å²) < 4.78 is 26.2. The minimum Gasteiger partial charge on any atom is -0.207 e. The van der Waals surface area contributed by atoms with Gasteiger partial charge >= 0.3 is 0 Å². The van der Waals surface area contributed by atoms with Crippen molar-refractivity contribution in [3.8, 4) is 12.3 Å². The third-order valence-electron chi connectivity index (χ3n) is 2.63. The number of rotatable bonds is 5. The number of benzene rings is 1. The largest absolute Gasteiger partial charge is 0.244 e. The van der Waals surface area contributed by atoms with Crippen molar-refractivity contribution < 1.29 is 8.42 Å². The van der Waals surface area contributed by atoms with E-state index in [1.807, 2.05) is 26.8 Å². The summed E-state index contributed by atoms with van der Waals surface area (Å²) in [6.07, 6.45) is 7.11. The summed E-state index contributed by atoms with van der Waals surface area (Å²) in [6, 6.07) is 6.77. The summed E-state index contributed by atoms with van der Waals surface area (Å²) >= 11 is 0. The third kappa shape index (κ3) is 4.23. The Morgan fingerprint density at radius 1 is 1.32 bits per heavy atom. The molecule has 0 aromatic heterocycles. The van der Waals surface area contributed by atoms with E-state index in [9.17, 15) is 8.42 Å². The van der Waals surface area contributed by atoms with Gasteiger partial charge in [0.05, 0.1) is 11.4 Å². The fourth-order valence-corrected chi connectivity index (χ4v) is 2.79. The van der Waals surface area contributed by atoms with Crippen molar-refractivity contribution in [3.63, 3.8) is 0 Å². The van der Waals surface area contributed by atoms with Crippen LogP contribution in [0.25, 0.3) is 0 Å². The number of hydrogen-bond donors (Lipinski definition) is 0. The van der Waals surface area contributed by atoms with Crippen molar-refractivity contribution in [2.45, 2.75) is 25.7 Å². The first-order valence-corrected chi connectivity index (χ1v) is 7.45. The molecule has 0 heterocycles. The van der Waals surface area contributed by atoms with E-state index >= 15 is 0 Å². The van der Waals surface area contributed by atoms with E-state index in [2.05, 4.69) is 5.92 Å². The summed E-state index contributed by atoms with van der Waals surface area (Å²) in [5, 5.41) is 0. The van der Waals surface area contributed by atoms with Gasteiger partial charge in [-0.2, -0.15) is 4.31 Å². The van der Waals surface area contributed by atoms with Gasteiger partial charge in [0.25, 0.3) is 0 Å². The van der Waals surface area contributed by atoms with Gasteiger partial charge in [0, 0.05) is 6.54 Å². The molecule has 0 bridgehead atoms. The molecule has 0 fully saturated rings. The van der Waals surface area contributed by atoms with E-state index in [1.54, 1.807) is 24.3 Å². The molecule has 102 valence electrons. The zero-order chi connectivity index (χ0) is 14.5. The van der Waals surface area contributed by atoms with Gasteiger partial charge in [0.2, 0.25) is 10.0 Å². The second-order valence-electron chi connectivity index (χ2n) is 4.60. The van der Waals surface area contributed by atoms with Gasteiger partial charge in [-0.15, -0.1) is 6.42 Å². The van der Waals surface area contributed by atoms with Crippen LogP contribution in [0.1, 0.15) is 19.4 Å². The van der Waals surface area contributed by atoms with E-state index in [0.717, 1.165) is 11.1 Å². The van der Waals surface area contributed by atoms with E-state index in [-0.39, 0.29) is 11.4 Å². The van der Waals surface area contributed by atoms with E-state index in [4.69, 9.17) is 6.42 Å². The molecule has 0 spiro atoms. The summed E-state index contributed by atoms with van der Waals surface area (Å²) in [5.74, 6) is 2.40. The van der Waals surface area contributed by atoms with Crippen LogP contribution in [0.3, 0.4) is 0 Å². The molecule has 0 saturated heterocycles. The first kappa shape index (κ1) is 15.5. The monoisotopic (exact) mass is 277 g/mol. The average molecular weight is 277 g/mol. The van der Waals surface area contributed by atoms with Gasteiger partial charge < -0.3 is 0 Å². The topological polar surface area (TPSA) is 37.4 Å². The van der Waals surface area contributed by atoms with E-state index < -0.39 is 10.0 Å². The minimum absolute atomic E-state index is 0.0694. The molecule has 1 aromatic rings. The molecule has 0 unspecified atom stereocenters. The number of hydrogen-bond acceptors (Lipinski definition) is 2. The van der Waals surface area contributed by atoms with Crippen molar-refractivity contribution in [2.75, 3.05) is 13.1 Å². The molecule has 1 rings (SSSR count).